The monoisotopic (exact) mass is 643 g/mol. The fourth-order valence-corrected chi connectivity index (χ4v) is 4.95. The van der Waals surface area contributed by atoms with E-state index in [9.17, 15) is 26.4 Å². The van der Waals surface area contributed by atoms with Gasteiger partial charge in [0, 0.05) is 15.8 Å². The summed E-state index contributed by atoms with van der Waals surface area (Å²) < 4.78 is 74.5. The van der Waals surface area contributed by atoms with Crippen LogP contribution in [0.3, 0.4) is 0 Å². The molecule has 188 valence electrons. The number of pyridine rings is 1. The molecular formula is C20H18ClF3IN5O4S. The van der Waals surface area contributed by atoms with E-state index in [1.807, 2.05) is 0 Å². The number of hydrogen-bond donors (Lipinski definition) is 1. The number of aromatic nitrogens is 4. The molecule has 0 bridgehead atoms. The maximum atomic E-state index is 13.3. The zero-order valence-electron chi connectivity index (χ0n) is 18.4. The molecule has 0 atom stereocenters. The third kappa shape index (κ3) is 5.86. The first-order valence-corrected chi connectivity index (χ1v) is 12.9. The van der Waals surface area contributed by atoms with Crippen LogP contribution >= 0.6 is 34.2 Å². The molecule has 35 heavy (non-hydrogen) atoms. The predicted octanol–water partition coefficient (Wildman–Crippen LogP) is 5.18. The summed E-state index contributed by atoms with van der Waals surface area (Å²) in [5.41, 5.74) is -1.31. The second-order valence-electron chi connectivity index (χ2n) is 7.33. The van der Waals surface area contributed by atoms with Gasteiger partial charge in [0.25, 0.3) is 10.0 Å². The lowest BCUT2D eigenvalue weighted by Gasteiger charge is -2.16. The molecule has 0 aliphatic rings. The van der Waals surface area contributed by atoms with Crippen molar-refractivity contribution in [3.8, 4) is 11.5 Å². The molecule has 2 aromatic heterocycles. The molecule has 0 aliphatic heterocycles. The number of hydrogen-bond acceptors (Lipinski definition) is 7. The summed E-state index contributed by atoms with van der Waals surface area (Å²) in [4.78, 5) is 15.8. The molecule has 1 N–H and O–H groups in total. The van der Waals surface area contributed by atoms with Crippen LogP contribution in [0, 0.1) is 3.57 Å². The lowest BCUT2D eigenvalue weighted by Crippen LogP contribution is -2.18. The van der Waals surface area contributed by atoms with Crippen molar-refractivity contribution in [2.45, 2.75) is 37.9 Å². The molecule has 3 rings (SSSR count). The average molecular weight is 644 g/mol. The highest BCUT2D eigenvalue weighted by molar-refractivity contribution is 14.1. The Morgan fingerprint density at radius 1 is 1.26 bits per heavy atom. The molecule has 15 heteroatoms. The Bertz CT molecular complexity index is 1380. The molecule has 0 amide bonds. The van der Waals surface area contributed by atoms with E-state index in [4.69, 9.17) is 16.3 Å². The lowest BCUT2D eigenvalue weighted by molar-refractivity contribution is -0.138. The van der Waals surface area contributed by atoms with E-state index < -0.39 is 32.6 Å². The van der Waals surface area contributed by atoms with Crippen molar-refractivity contribution in [1.29, 1.82) is 0 Å². The Kier molecular flexibility index (Phi) is 7.96. The van der Waals surface area contributed by atoms with Crippen molar-refractivity contribution in [1.82, 2.24) is 19.7 Å². The second kappa shape index (κ2) is 10.3. The number of esters is 1. The number of carbonyl (C=O) groups excluding carboxylic acids is 1. The van der Waals surface area contributed by atoms with Gasteiger partial charge in [0.05, 0.1) is 27.8 Å². The summed E-state index contributed by atoms with van der Waals surface area (Å²) in [5, 5.41) is 7.89. The van der Waals surface area contributed by atoms with E-state index in [0.29, 0.717) is 6.07 Å². The first kappa shape index (κ1) is 27.1. The topological polar surface area (TPSA) is 116 Å². The van der Waals surface area contributed by atoms with Crippen LogP contribution in [0.25, 0.3) is 11.5 Å². The van der Waals surface area contributed by atoms with E-state index in [0.717, 1.165) is 12.1 Å². The third-order valence-corrected chi connectivity index (χ3v) is 7.04. The number of alkyl halides is 3. The van der Waals surface area contributed by atoms with Crippen molar-refractivity contribution >= 4 is 55.9 Å². The van der Waals surface area contributed by atoms with Gasteiger partial charge >= 0.3 is 12.1 Å². The normalized spacial score (nSPS) is 12.1. The van der Waals surface area contributed by atoms with Gasteiger partial charge in [0.1, 0.15) is 5.69 Å². The highest BCUT2D eigenvalue weighted by Gasteiger charge is 2.34. The average Bonchev–Trinajstić information content (AvgIpc) is 3.18. The molecule has 3 aromatic rings. The summed E-state index contributed by atoms with van der Waals surface area (Å²) >= 11 is 7.50. The molecule has 1 aromatic carbocycles. The van der Waals surface area contributed by atoms with Crippen molar-refractivity contribution in [2.24, 2.45) is 0 Å². The number of carbonyl (C=O) groups is 1. The van der Waals surface area contributed by atoms with Gasteiger partial charge in [0.15, 0.2) is 5.82 Å². The minimum Gasteiger partial charge on any atom is -0.460 e. The maximum Gasteiger partial charge on any atom is 0.417 e. The number of nitrogens with one attached hydrogen (secondary N) is 1. The predicted molar refractivity (Wildman–Crippen MR) is 130 cm³/mol. The van der Waals surface area contributed by atoms with Crippen LogP contribution in [-0.4, -0.2) is 40.7 Å². The Morgan fingerprint density at radius 3 is 2.54 bits per heavy atom. The van der Waals surface area contributed by atoms with Crippen LogP contribution in [0.1, 0.15) is 43.0 Å². The number of anilines is 1. The van der Waals surface area contributed by atoms with Crippen molar-refractivity contribution in [2.75, 3.05) is 11.3 Å². The lowest BCUT2D eigenvalue weighted by atomic mass is 10.2. The van der Waals surface area contributed by atoms with Gasteiger partial charge in [-0.25, -0.2) is 18.2 Å². The number of nitrogens with zero attached hydrogens (tertiary/aromatic N) is 4. The van der Waals surface area contributed by atoms with E-state index in [2.05, 4.69) is 19.9 Å². The minimum absolute atomic E-state index is 0.0241. The molecule has 9 nitrogen and oxygen atoms in total. The zero-order chi connectivity index (χ0) is 26.1. The SMILES string of the molecule is CCOC(=O)c1nnc(-c2ncc(Cl)cc2NS(=O)(=O)c2ccc(I)c(C(F)(F)F)c2)n1C(C)C. The van der Waals surface area contributed by atoms with E-state index in [1.165, 1.54) is 39.4 Å². The standard InChI is InChI=1S/C20H18ClF3IN5O4S/c1-4-34-19(31)18-28-27-17(30(18)10(2)3)16-15(7-11(21)9-26-16)29-35(32,33)12-5-6-14(25)13(8-12)20(22,23)24/h5-10,29H,4H2,1-3H3. The zero-order valence-corrected chi connectivity index (χ0v) is 22.1. The molecule has 0 spiro atoms. The van der Waals surface area contributed by atoms with Gasteiger partial charge in [-0.2, -0.15) is 13.2 Å². The molecule has 0 saturated carbocycles. The van der Waals surface area contributed by atoms with Crippen LogP contribution in [0.5, 0.6) is 0 Å². The largest absolute Gasteiger partial charge is 0.460 e. The van der Waals surface area contributed by atoms with Crippen LogP contribution in [0.2, 0.25) is 5.02 Å². The van der Waals surface area contributed by atoms with Gasteiger partial charge in [-0.1, -0.05) is 11.6 Å². The highest BCUT2D eigenvalue weighted by atomic mass is 127. The first-order chi connectivity index (χ1) is 16.3. The smallest absolute Gasteiger partial charge is 0.417 e. The Morgan fingerprint density at radius 2 is 1.94 bits per heavy atom. The Hall–Kier alpha value is -2.46. The number of benzene rings is 1. The summed E-state index contributed by atoms with van der Waals surface area (Å²) in [6.07, 6.45) is -3.52. The first-order valence-electron chi connectivity index (χ1n) is 9.93. The summed E-state index contributed by atoms with van der Waals surface area (Å²) in [5.74, 6) is -0.847. The number of rotatable bonds is 7. The van der Waals surface area contributed by atoms with Crippen LogP contribution in [-0.2, 0) is 20.9 Å². The van der Waals surface area contributed by atoms with E-state index >= 15 is 0 Å². The fourth-order valence-electron chi connectivity index (χ4n) is 3.06. The van der Waals surface area contributed by atoms with Crippen molar-refractivity contribution in [3.05, 3.63) is 50.4 Å². The van der Waals surface area contributed by atoms with Gasteiger partial charge in [-0.15, -0.1) is 10.2 Å². The molecular weight excluding hydrogens is 626 g/mol. The molecule has 0 fully saturated rings. The fraction of sp³-hybridized carbons (Fsp3) is 0.300. The maximum absolute atomic E-state index is 13.3. The quantitative estimate of drug-likeness (QED) is 0.279. The van der Waals surface area contributed by atoms with E-state index in [1.54, 1.807) is 20.8 Å². The van der Waals surface area contributed by atoms with Crippen LogP contribution in [0.15, 0.2) is 35.4 Å². The van der Waals surface area contributed by atoms with E-state index in [-0.39, 0.29) is 44.3 Å². The molecule has 0 saturated heterocycles. The Labute approximate surface area is 217 Å². The van der Waals surface area contributed by atoms with Crippen LogP contribution in [0.4, 0.5) is 18.9 Å². The molecule has 0 unspecified atom stereocenters. The molecule has 0 aliphatic carbocycles. The van der Waals surface area contributed by atoms with Gasteiger partial charge in [-0.3, -0.25) is 9.29 Å². The van der Waals surface area contributed by atoms with Crippen molar-refractivity contribution in [3.63, 3.8) is 0 Å². The second-order valence-corrected chi connectivity index (χ2v) is 10.6. The van der Waals surface area contributed by atoms with Gasteiger partial charge in [0.2, 0.25) is 5.82 Å². The number of ether oxygens (including phenoxy) is 1. The molecule has 0 radical (unpaired) electrons. The summed E-state index contributed by atoms with van der Waals surface area (Å²) in [6.45, 7) is 5.19. The van der Waals surface area contributed by atoms with Gasteiger partial charge in [-0.05, 0) is 67.6 Å². The van der Waals surface area contributed by atoms with Gasteiger partial charge < -0.3 is 4.74 Å². The van der Waals surface area contributed by atoms with Crippen molar-refractivity contribution < 1.29 is 31.1 Å². The Balaban J connectivity index is 2.13. The summed E-state index contributed by atoms with van der Waals surface area (Å²) in [6, 6.07) is 3.49. The number of halogens is 5. The third-order valence-electron chi connectivity index (χ3n) is 4.53. The summed E-state index contributed by atoms with van der Waals surface area (Å²) in [7, 11) is -4.51. The highest BCUT2D eigenvalue weighted by Crippen LogP contribution is 2.35. The minimum atomic E-state index is -4.75. The van der Waals surface area contributed by atoms with Crippen LogP contribution < -0.4 is 4.72 Å². The number of sulfonamides is 1. The molecule has 2 heterocycles.